The summed E-state index contributed by atoms with van der Waals surface area (Å²) in [4.78, 5) is 12.4. The molecule has 2 aromatic rings. The minimum absolute atomic E-state index is 0.0295. The predicted molar refractivity (Wildman–Crippen MR) is 144 cm³/mol. The van der Waals surface area contributed by atoms with Crippen LogP contribution in [0.2, 0.25) is 0 Å². The van der Waals surface area contributed by atoms with Crippen molar-refractivity contribution < 1.29 is 32.5 Å². The number of aliphatic hydroxyl groups excluding tert-OH is 1. The fourth-order valence-electron chi connectivity index (χ4n) is 4.09. The van der Waals surface area contributed by atoms with Crippen molar-refractivity contribution in [3.8, 4) is 0 Å². The number of benzene rings is 2. The van der Waals surface area contributed by atoms with Crippen LogP contribution in [-0.4, -0.2) is 75.3 Å². The predicted octanol–water partition coefficient (Wildman–Crippen LogP) is 2.97. The molecule has 0 aromatic heterocycles. The van der Waals surface area contributed by atoms with Gasteiger partial charge in [0.1, 0.15) is 12.9 Å². The molecule has 210 valence electrons. The normalized spacial score (nSPS) is 18.4. The maximum atomic E-state index is 13.5. The van der Waals surface area contributed by atoms with Crippen LogP contribution in [0.5, 0.6) is 0 Å². The van der Waals surface area contributed by atoms with Gasteiger partial charge in [0.05, 0.1) is 17.6 Å². The first-order valence-electron chi connectivity index (χ1n) is 12.9. The minimum atomic E-state index is -3.93. The van der Waals surface area contributed by atoms with Gasteiger partial charge in [-0.3, -0.25) is 5.32 Å². The van der Waals surface area contributed by atoms with E-state index in [2.05, 4.69) is 5.32 Å². The van der Waals surface area contributed by atoms with Crippen molar-refractivity contribution in [1.29, 1.82) is 0 Å². The van der Waals surface area contributed by atoms with E-state index in [1.807, 2.05) is 44.2 Å². The lowest BCUT2D eigenvalue weighted by molar-refractivity contribution is -0.0975. The van der Waals surface area contributed by atoms with Crippen molar-refractivity contribution >= 4 is 21.8 Å². The van der Waals surface area contributed by atoms with Crippen LogP contribution in [0.15, 0.2) is 59.5 Å². The summed E-state index contributed by atoms with van der Waals surface area (Å²) in [7, 11) is -3.93. The van der Waals surface area contributed by atoms with Crippen molar-refractivity contribution in [2.45, 2.75) is 56.3 Å². The van der Waals surface area contributed by atoms with Gasteiger partial charge in [0, 0.05) is 31.4 Å². The van der Waals surface area contributed by atoms with E-state index in [9.17, 15) is 18.3 Å². The quantitative estimate of drug-likeness (QED) is 0.389. The van der Waals surface area contributed by atoms with Crippen molar-refractivity contribution in [3.05, 3.63) is 60.2 Å². The molecule has 3 unspecified atom stereocenters. The number of ether oxygens (including phenoxy) is 3. The molecule has 1 amide bonds. The topological polar surface area (TPSA) is 140 Å². The van der Waals surface area contributed by atoms with Gasteiger partial charge < -0.3 is 25.1 Å². The highest BCUT2D eigenvalue weighted by Gasteiger charge is 2.29. The summed E-state index contributed by atoms with van der Waals surface area (Å²) in [5.41, 5.74) is 7.58. The van der Waals surface area contributed by atoms with Crippen molar-refractivity contribution in [3.63, 3.8) is 0 Å². The zero-order valence-electron chi connectivity index (χ0n) is 22.0. The Bertz CT molecular complexity index is 1090. The zero-order chi connectivity index (χ0) is 27.5. The number of aliphatic hydroxyl groups is 1. The molecule has 0 aliphatic carbocycles. The van der Waals surface area contributed by atoms with Crippen LogP contribution in [0.25, 0.3) is 0 Å². The van der Waals surface area contributed by atoms with E-state index < -0.39 is 28.3 Å². The maximum absolute atomic E-state index is 13.5. The molecule has 10 nitrogen and oxygen atoms in total. The molecule has 1 saturated heterocycles. The van der Waals surface area contributed by atoms with Gasteiger partial charge in [0.25, 0.3) is 0 Å². The van der Waals surface area contributed by atoms with Gasteiger partial charge in [-0.15, -0.1) is 0 Å². The van der Waals surface area contributed by atoms with Gasteiger partial charge in [-0.05, 0) is 55.0 Å². The van der Waals surface area contributed by atoms with E-state index in [1.165, 1.54) is 28.6 Å². The first kappa shape index (κ1) is 30.0. The lowest BCUT2D eigenvalue weighted by Crippen LogP contribution is -2.47. The number of hydrogen-bond acceptors (Lipinski definition) is 8. The number of nitrogens with zero attached hydrogens (tertiary/aromatic N) is 1. The first-order chi connectivity index (χ1) is 18.1. The van der Waals surface area contributed by atoms with E-state index in [0.717, 1.165) is 12.0 Å². The number of carbonyl (C=O) groups is 1. The molecule has 11 heteroatoms. The van der Waals surface area contributed by atoms with E-state index >= 15 is 0 Å². The molecule has 1 aliphatic heterocycles. The van der Waals surface area contributed by atoms with E-state index in [0.29, 0.717) is 25.1 Å². The second-order valence-electron chi connectivity index (χ2n) is 9.85. The summed E-state index contributed by atoms with van der Waals surface area (Å²) in [5.74, 6) is 0.0295. The Morgan fingerprint density at radius 1 is 1.13 bits per heavy atom. The molecule has 4 N–H and O–H groups in total. The molecule has 0 radical (unpaired) electrons. The Labute approximate surface area is 225 Å². The van der Waals surface area contributed by atoms with Gasteiger partial charge in [-0.1, -0.05) is 44.2 Å². The molecular weight excluding hydrogens is 510 g/mol. The molecule has 0 bridgehead atoms. The highest BCUT2D eigenvalue weighted by Crippen LogP contribution is 2.21. The highest BCUT2D eigenvalue weighted by molar-refractivity contribution is 7.89. The lowest BCUT2D eigenvalue weighted by Gasteiger charge is -2.28. The number of nitrogens with one attached hydrogen (secondary N) is 1. The highest BCUT2D eigenvalue weighted by atomic mass is 32.2. The van der Waals surface area contributed by atoms with Gasteiger partial charge in [-0.2, -0.15) is 4.31 Å². The summed E-state index contributed by atoms with van der Waals surface area (Å²) in [6.07, 6.45) is -0.280. The average Bonchev–Trinajstić information content (AvgIpc) is 2.85. The van der Waals surface area contributed by atoms with Gasteiger partial charge >= 0.3 is 6.09 Å². The second-order valence-corrected chi connectivity index (χ2v) is 11.8. The number of nitrogens with two attached hydrogens (primary N) is 1. The Balaban J connectivity index is 1.63. The number of carbonyl (C=O) groups excluding carboxylic acids is 1. The summed E-state index contributed by atoms with van der Waals surface area (Å²) >= 11 is 0. The molecule has 0 saturated carbocycles. The number of amides is 1. The first-order valence-corrected chi connectivity index (χ1v) is 14.3. The van der Waals surface area contributed by atoms with Gasteiger partial charge in [-0.25, -0.2) is 13.2 Å². The van der Waals surface area contributed by atoms with Crippen molar-refractivity contribution in [2.24, 2.45) is 11.7 Å². The summed E-state index contributed by atoms with van der Waals surface area (Å²) < 4.78 is 44.1. The summed E-state index contributed by atoms with van der Waals surface area (Å²) in [6, 6.07) is 14.7. The summed E-state index contributed by atoms with van der Waals surface area (Å²) in [5, 5.41) is 13.4. The Hall–Kier alpha value is -2.54. The molecular formula is C27H39N3O7S. The van der Waals surface area contributed by atoms with Crippen LogP contribution >= 0.6 is 0 Å². The third-order valence-electron chi connectivity index (χ3n) is 6.07. The average molecular weight is 550 g/mol. The third-order valence-corrected chi connectivity index (χ3v) is 7.91. The number of hydrogen-bond donors (Lipinski definition) is 3. The van der Waals surface area contributed by atoms with E-state index in [-0.39, 0.29) is 43.4 Å². The molecule has 0 spiro atoms. The molecule has 3 atom stereocenters. The number of anilines is 1. The van der Waals surface area contributed by atoms with Crippen LogP contribution in [0, 0.1) is 5.92 Å². The van der Waals surface area contributed by atoms with E-state index in [1.54, 1.807) is 0 Å². The zero-order valence-corrected chi connectivity index (χ0v) is 22.8. The molecule has 1 heterocycles. The molecule has 38 heavy (non-hydrogen) atoms. The Morgan fingerprint density at radius 3 is 2.53 bits per heavy atom. The standard InChI is InChI=1S/C27H39N3O7S/c1-20(2)16-30(17-26(31)25(28)15-21-7-4-3-5-8-21)38(33,34)24-12-10-22(11-13-24)29-27(32)37-23-9-6-14-35-19-36-18-23/h3-5,7-8,10-13,20,23,25-26,31H,6,9,14-19,28H2,1-2H3,(H,29,32). The van der Waals surface area contributed by atoms with Gasteiger partial charge in [0.15, 0.2) is 0 Å². The monoisotopic (exact) mass is 549 g/mol. The molecule has 1 aliphatic rings. The fourth-order valence-corrected chi connectivity index (χ4v) is 5.71. The fraction of sp³-hybridized carbons (Fsp3) is 0.519. The van der Waals surface area contributed by atoms with Gasteiger partial charge in [0.2, 0.25) is 10.0 Å². The third kappa shape index (κ3) is 9.33. The minimum Gasteiger partial charge on any atom is -0.444 e. The van der Waals surface area contributed by atoms with Crippen molar-refractivity contribution in [1.82, 2.24) is 4.31 Å². The molecule has 1 fully saturated rings. The molecule has 2 aromatic carbocycles. The van der Waals surface area contributed by atoms with Crippen LogP contribution in [0.3, 0.4) is 0 Å². The van der Waals surface area contributed by atoms with Crippen LogP contribution in [0.1, 0.15) is 32.3 Å². The SMILES string of the molecule is CC(C)CN(CC(O)C(N)Cc1ccccc1)S(=O)(=O)c1ccc(NC(=O)OC2CCCOCOC2)cc1. The Morgan fingerprint density at radius 2 is 1.84 bits per heavy atom. The van der Waals surface area contributed by atoms with Crippen molar-refractivity contribution in [2.75, 3.05) is 38.4 Å². The van der Waals surface area contributed by atoms with E-state index in [4.69, 9.17) is 19.9 Å². The second kappa shape index (κ2) is 14.6. The lowest BCUT2D eigenvalue weighted by atomic mass is 10.0. The number of rotatable bonds is 11. The smallest absolute Gasteiger partial charge is 0.411 e. The maximum Gasteiger partial charge on any atom is 0.411 e. The molecule has 3 rings (SSSR count). The Kier molecular flexibility index (Phi) is 11.5. The number of sulfonamides is 1. The summed E-state index contributed by atoms with van der Waals surface area (Å²) in [6.45, 7) is 4.87. The largest absolute Gasteiger partial charge is 0.444 e. The van der Waals surface area contributed by atoms with Crippen LogP contribution in [-0.2, 0) is 30.7 Å². The van der Waals surface area contributed by atoms with Crippen LogP contribution < -0.4 is 11.1 Å². The van der Waals surface area contributed by atoms with Crippen LogP contribution in [0.4, 0.5) is 10.5 Å².